The van der Waals surface area contributed by atoms with Crippen LogP contribution in [0.2, 0.25) is 0 Å². The molecule has 0 aliphatic carbocycles. The Morgan fingerprint density at radius 2 is 1.68 bits per heavy atom. The third kappa shape index (κ3) is 4.32. The predicted octanol–water partition coefficient (Wildman–Crippen LogP) is 3.98. The molecule has 2 rings (SSSR count). The van der Waals surface area contributed by atoms with Gasteiger partial charge in [-0.05, 0) is 43.7 Å². The Hall–Kier alpha value is -2.95. The van der Waals surface area contributed by atoms with Gasteiger partial charge in [-0.3, -0.25) is 4.79 Å². The fourth-order valence-electron chi connectivity index (χ4n) is 2.55. The minimum atomic E-state index is -0.219. The second kappa shape index (κ2) is 8.24. The van der Waals surface area contributed by atoms with E-state index in [1.165, 1.54) is 6.08 Å². The Bertz CT molecular complexity index is 797. The number of aryl methyl sites for hydroxylation is 2. The monoisotopic (exact) mass is 341 g/mol. The van der Waals surface area contributed by atoms with Gasteiger partial charge in [-0.2, -0.15) is 0 Å². The van der Waals surface area contributed by atoms with Crippen LogP contribution in [0.1, 0.15) is 16.7 Å². The summed E-state index contributed by atoms with van der Waals surface area (Å²) in [6.07, 6.45) is 3.14. The molecule has 0 aliphatic heterocycles. The largest absolute Gasteiger partial charge is 0.493 e. The Labute approximate surface area is 148 Å². The van der Waals surface area contributed by atoms with Crippen LogP contribution >= 0.6 is 0 Å². The molecule has 0 saturated carbocycles. The molecule has 0 atom stereocenters. The smallest absolute Gasteiger partial charge is 0.248 e. The van der Waals surface area contributed by atoms with E-state index in [0.29, 0.717) is 17.2 Å². The van der Waals surface area contributed by atoms with Gasteiger partial charge in [0.25, 0.3) is 0 Å². The lowest BCUT2D eigenvalue weighted by Gasteiger charge is -2.14. The van der Waals surface area contributed by atoms with Crippen LogP contribution in [-0.4, -0.2) is 27.2 Å². The normalized spacial score (nSPS) is 10.6. The second-order valence-corrected chi connectivity index (χ2v) is 5.56. The number of carbonyl (C=O) groups excluding carboxylic acids is 1. The van der Waals surface area contributed by atoms with Gasteiger partial charge in [-0.25, -0.2) is 0 Å². The third-order valence-corrected chi connectivity index (χ3v) is 3.79. The van der Waals surface area contributed by atoms with Crippen molar-refractivity contribution >= 4 is 17.7 Å². The number of rotatable bonds is 6. The van der Waals surface area contributed by atoms with Crippen LogP contribution in [0.3, 0.4) is 0 Å². The highest BCUT2D eigenvalue weighted by atomic mass is 16.5. The Balaban J connectivity index is 2.22. The summed E-state index contributed by atoms with van der Waals surface area (Å²) in [4.78, 5) is 12.2. The molecule has 2 aromatic rings. The summed E-state index contributed by atoms with van der Waals surface area (Å²) in [6.45, 7) is 3.98. The number of hydrogen-bond acceptors (Lipinski definition) is 4. The minimum Gasteiger partial charge on any atom is -0.493 e. The van der Waals surface area contributed by atoms with Crippen molar-refractivity contribution in [2.75, 3.05) is 26.6 Å². The van der Waals surface area contributed by atoms with Gasteiger partial charge in [0.05, 0.1) is 21.3 Å². The van der Waals surface area contributed by atoms with Gasteiger partial charge >= 0.3 is 0 Å². The second-order valence-electron chi connectivity index (χ2n) is 5.56. The number of benzene rings is 2. The SMILES string of the molecule is COc1ccc(/C=C/C(=O)Nc2ccc(C)cc2C)c(OC)c1OC. The summed E-state index contributed by atoms with van der Waals surface area (Å²) in [5.74, 6) is 1.35. The number of amides is 1. The number of carbonyl (C=O) groups is 1. The van der Waals surface area contributed by atoms with E-state index in [4.69, 9.17) is 14.2 Å². The molecule has 0 spiro atoms. The molecule has 25 heavy (non-hydrogen) atoms. The molecule has 132 valence electrons. The van der Waals surface area contributed by atoms with E-state index in [1.54, 1.807) is 39.5 Å². The van der Waals surface area contributed by atoms with Gasteiger partial charge in [0.15, 0.2) is 11.5 Å². The summed E-state index contributed by atoms with van der Waals surface area (Å²) in [7, 11) is 4.65. The first kappa shape index (κ1) is 18.4. The van der Waals surface area contributed by atoms with Crippen molar-refractivity contribution in [3.63, 3.8) is 0 Å². The molecule has 0 aliphatic rings. The van der Waals surface area contributed by atoms with Crippen molar-refractivity contribution in [2.45, 2.75) is 13.8 Å². The van der Waals surface area contributed by atoms with Crippen molar-refractivity contribution in [2.24, 2.45) is 0 Å². The molecular weight excluding hydrogens is 318 g/mol. The molecular formula is C20H23NO4. The van der Waals surface area contributed by atoms with Crippen molar-refractivity contribution < 1.29 is 19.0 Å². The van der Waals surface area contributed by atoms with Crippen molar-refractivity contribution in [1.82, 2.24) is 0 Å². The number of nitrogens with one attached hydrogen (secondary N) is 1. The lowest BCUT2D eigenvalue weighted by molar-refractivity contribution is -0.111. The Morgan fingerprint density at radius 3 is 2.28 bits per heavy atom. The molecule has 1 amide bonds. The van der Waals surface area contributed by atoms with Crippen LogP contribution in [0.5, 0.6) is 17.2 Å². The standard InChI is InChI=1S/C20H23NO4/c1-13-6-9-16(14(2)12-13)21-18(22)11-8-15-7-10-17(23-3)20(25-5)19(15)24-4/h6-12H,1-5H3,(H,21,22)/b11-8+. The van der Waals surface area contributed by atoms with Crippen LogP contribution in [0.4, 0.5) is 5.69 Å². The van der Waals surface area contributed by atoms with Crippen LogP contribution in [-0.2, 0) is 4.79 Å². The summed E-state index contributed by atoms with van der Waals surface area (Å²) in [6, 6.07) is 9.46. The molecule has 1 N–H and O–H groups in total. The first-order chi connectivity index (χ1) is 12.0. The topological polar surface area (TPSA) is 56.8 Å². The van der Waals surface area contributed by atoms with E-state index in [1.807, 2.05) is 32.0 Å². The van der Waals surface area contributed by atoms with Gasteiger partial charge in [0.1, 0.15) is 0 Å². The minimum absolute atomic E-state index is 0.219. The van der Waals surface area contributed by atoms with Crippen LogP contribution in [0, 0.1) is 13.8 Å². The molecule has 5 nitrogen and oxygen atoms in total. The molecule has 0 heterocycles. The van der Waals surface area contributed by atoms with Crippen molar-refractivity contribution in [3.8, 4) is 17.2 Å². The average molecular weight is 341 g/mol. The first-order valence-electron chi connectivity index (χ1n) is 7.85. The highest BCUT2D eigenvalue weighted by molar-refractivity contribution is 6.02. The number of hydrogen-bond donors (Lipinski definition) is 1. The third-order valence-electron chi connectivity index (χ3n) is 3.79. The highest BCUT2D eigenvalue weighted by Gasteiger charge is 2.14. The van der Waals surface area contributed by atoms with Crippen LogP contribution < -0.4 is 19.5 Å². The van der Waals surface area contributed by atoms with Gasteiger partial charge in [-0.1, -0.05) is 17.7 Å². The molecule has 0 fully saturated rings. The van der Waals surface area contributed by atoms with Gasteiger partial charge in [0, 0.05) is 17.3 Å². The number of anilines is 1. The Kier molecular flexibility index (Phi) is 6.06. The fraction of sp³-hybridized carbons (Fsp3) is 0.250. The zero-order valence-corrected chi connectivity index (χ0v) is 15.2. The maximum absolute atomic E-state index is 12.2. The van der Waals surface area contributed by atoms with Crippen molar-refractivity contribution in [3.05, 3.63) is 53.1 Å². The molecule has 0 radical (unpaired) electrons. The summed E-state index contributed by atoms with van der Waals surface area (Å²) in [5, 5.41) is 2.87. The maximum Gasteiger partial charge on any atom is 0.248 e. The lowest BCUT2D eigenvalue weighted by Crippen LogP contribution is -2.09. The van der Waals surface area contributed by atoms with E-state index in [2.05, 4.69) is 5.32 Å². The molecule has 0 aromatic heterocycles. The molecule has 0 saturated heterocycles. The van der Waals surface area contributed by atoms with Crippen LogP contribution in [0.15, 0.2) is 36.4 Å². The van der Waals surface area contributed by atoms with Crippen molar-refractivity contribution in [1.29, 1.82) is 0 Å². The fourth-order valence-corrected chi connectivity index (χ4v) is 2.55. The van der Waals surface area contributed by atoms with E-state index >= 15 is 0 Å². The molecule has 2 aromatic carbocycles. The Morgan fingerprint density at radius 1 is 0.960 bits per heavy atom. The summed E-state index contributed by atoms with van der Waals surface area (Å²) in [5.41, 5.74) is 3.68. The zero-order valence-electron chi connectivity index (χ0n) is 15.2. The predicted molar refractivity (Wildman–Crippen MR) is 99.7 cm³/mol. The highest BCUT2D eigenvalue weighted by Crippen LogP contribution is 2.40. The maximum atomic E-state index is 12.2. The van der Waals surface area contributed by atoms with E-state index < -0.39 is 0 Å². The van der Waals surface area contributed by atoms with E-state index in [0.717, 1.165) is 22.4 Å². The summed E-state index contributed by atoms with van der Waals surface area (Å²) >= 11 is 0. The average Bonchev–Trinajstić information content (AvgIpc) is 2.61. The first-order valence-corrected chi connectivity index (χ1v) is 7.85. The van der Waals surface area contributed by atoms with E-state index in [9.17, 15) is 4.79 Å². The summed E-state index contributed by atoms with van der Waals surface area (Å²) < 4.78 is 16.0. The van der Waals surface area contributed by atoms with Gasteiger partial charge in [-0.15, -0.1) is 0 Å². The van der Waals surface area contributed by atoms with Gasteiger partial charge in [0.2, 0.25) is 11.7 Å². The quantitative estimate of drug-likeness (QED) is 0.808. The zero-order chi connectivity index (χ0) is 18.4. The number of methoxy groups -OCH3 is 3. The molecule has 0 bridgehead atoms. The lowest BCUT2D eigenvalue weighted by atomic mass is 10.1. The number of ether oxygens (including phenoxy) is 3. The van der Waals surface area contributed by atoms with Gasteiger partial charge < -0.3 is 19.5 Å². The molecule has 0 unspecified atom stereocenters. The van der Waals surface area contributed by atoms with E-state index in [-0.39, 0.29) is 5.91 Å². The molecule has 5 heteroatoms. The van der Waals surface area contributed by atoms with Crippen LogP contribution in [0.25, 0.3) is 6.08 Å².